The summed E-state index contributed by atoms with van der Waals surface area (Å²) in [7, 11) is 1.70. The molecule has 1 aliphatic rings. The van der Waals surface area contributed by atoms with Crippen molar-refractivity contribution in [1.29, 1.82) is 0 Å². The van der Waals surface area contributed by atoms with Crippen molar-refractivity contribution in [1.82, 2.24) is 5.32 Å². The summed E-state index contributed by atoms with van der Waals surface area (Å²) in [6.45, 7) is 4.45. The first kappa shape index (κ1) is 13.4. The maximum absolute atomic E-state index is 9.52. The van der Waals surface area contributed by atoms with Gasteiger partial charge >= 0.3 is 0 Å². The Kier molecular flexibility index (Phi) is 4.25. The van der Waals surface area contributed by atoms with E-state index in [9.17, 15) is 5.11 Å². The molecule has 1 aromatic rings. The molecule has 1 fully saturated rings. The van der Waals surface area contributed by atoms with Gasteiger partial charge in [-0.15, -0.1) is 0 Å². The van der Waals surface area contributed by atoms with Crippen LogP contribution >= 0.6 is 0 Å². The number of aliphatic hydroxyl groups excluding tert-OH is 1. The second-order valence-electron chi connectivity index (χ2n) is 5.33. The molecular formula is C15H23NO2. The van der Waals surface area contributed by atoms with E-state index in [0.717, 1.165) is 11.3 Å². The summed E-state index contributed by atoms with van der Waals surface area (Å²) in [5, 5.41) is 13.0. The lowest BCUT2D eigenvalue weighted by Crippen LogP contribution is -2.26. The lowest BCUT2D eigenvalue weighted by atomic mass is 9.96. The van der Waals surface area contributed by atoms with Crippen molar-refractivity contribution in [3.63, 3.8) is 0 Å². The van der Waals surface area contributed by atoms with Crippen LogP contribution in [0.1, 0.15) is 49.8 Å². The Morgan fingerprint density at radius 3 is 2.61 bits per heavy atom. The van der Waals surface area contributed by atoms with Crippen molar-refractivity contribution in [2.45, 2.75) is 44.7 Å². The summed E-state index contributed by atoms with van der Waals surface area (Å²) >= 11 is 0. The maximum Gasteiger partial charge on any atom is 0.122 e. The van der Waals surface area contributed by atoms with E-state index in [-0.39, 0.29) is 12.6 Å². The van der Waals surface area contributed by atoms with Gasteiger partial charge in [-0.1, -0.05) is 26.0 Å². The lowest BCUT2D eigenvalue weighted by Gasteiger charge is -2.19. The summed E-state index contributed by atoms with van der Waals surface area (Å²) in [6.07, 6.45) is 2.45. The number of hydrogen-bond acceptors (Lipinski definition) is 3. The maximum atomic E-state index is 9.52. The number of rotatable bonds is 6. The third kappa shape index (κ3) is 3.03. The highest BCUT2D eigenvalue weighted by Gasteiger charge is 2.25. The topological polar surface area (TPSA) is 41.5 Å². The zero-order valence-corrected chi connectivity index (χ0v) is 11.4. The fraction of sp³-hybridized carbons (Fsp3) is 0.600. The van der Waals surface area contributed by atoms with Crippen LogP contribution in [0.4, 0.5) is 0 Å². The van der Waals surface area contributed by atoms with Crippen LogP contribution in [0.15, 0.2) is 18.2 Å². The molecule has 1 unspecified atom stereocenters. The molecule has 0 aromatic heterocycles. The molecular weight excluding hydrogens is 226 g/mol. The second-order valence-corrected chi connectivity index (χ2v) is 5.33. The van der Waals surface area contributed by atoms with Gasteiger partial charge in [0, 0.05) is 6.04 Å². The summed E-state index contributed by atoms with van der Waals surface area (Å²) in [6, 6.07) is 6.83. The van der Waals surface area contributed by atoms with Gasteiger partial charge in [0.2, 0.25) is 0 Å². The monoisotopic (exact) mass is 249 g/mol. The zero-order chi connectivity index (χ0) is 13.1. The van der Waals surface area contributed by atoms with Crippen LogP contribution in [0.2, 0.25) is 0 Å². The van der Waals surface area contributed by atoms with E-state index in [0.29, 0.717) is 12.0 Å². The minimum absolute atomic E-state index is 0.0425. The summed E-state index contributed by atoms with van der Waals surface area (Å²) in [5.74, 6) is 1.34. The van der Waals surface area contributed by atoms with Gasteiger partial charge in [0.15, 0.2) is 0 Å². The Hall–Kier alpha value is -1.06. The minimum atomic E-state index is 0.0425. The quantitative estimate of drug-likeness (QED) is 0.814. The van der Waals surface area contributed by atoms with E-state index in [4.69, 9.17) is 4.74 Å². The smallest absolute Gasteiger partial charge is 0.122 e. The highest BCUT2D eigenvalue weighted by Crippen LogP contribution is 2.30. The van der Waals surface area contributed by atoms with Crippen molar-refractivity contribution >= 4 is 0 Å². The Balaban J connectivity index is 2.23. The van der Waals surface area contributed by atoms with Gasteiger partial charge in [-0.25, -0.2) is 0 Å². The third-order valence-electron chi connectivity index (χ3n) is 3.47. The number of ether oxygens (including phenoxy) is 1. The molecule has 3 nitrogen and oxygen atoms in total. The molecule has 0 amide bonds. The molecule has 1 atom stereocenters. The van der Waals surface area contributed by atoms with E-state index in [1.807, 2.05) is 12.1 Å². The molecule has 0 radical (unpaired) electrons. The van der Waals surface area contributed by atoms with Gasteiger partial charge in [0.25, 0.3) is 0 Å². The summed E-state index contributed by atoms with van der Waals surface area (Å²) in [5.41, 5.74) is 2.35. The molecule has 3 heteroatoms. The summed E-state index contributed by atoms with van der Waals surface area (Å²) in [4.78, 5) is 0. The Labute approximate surface area is 109 Å². The first-order valence-electron chi connectivity index (χ1n) is 6.70. The van der Waals surface area contributed by atoms with Crippen LogP contribution in [-0.2, 0) is 0 Å². The molecule has 2 N–H and O–H groups in total. The Morgan fingerprint density at radius 2 is 2.11 bits per heavy atom. The van der Waals surface area contributed by atoms with Gasteiger partial charge in [-0.2, -0.15) is 0 Å². The molecule has 0 aliphatic heterocycles. The van der Waals surface area contributed by atoms with E-state index in [2.05, 4.69) is 25.2 Å². The van der Waals surface area contributed by atoms with Gasteiger partial charge < -0.3 is 15.2 Å². The van der Waals surface area contributed by atoms with Crippen LogP contribution in [0.5, 0.6) is 5.75 Å². The number of hydrogen-bond donors (Lipinski definition) is 2. The second kappa shape index (κ2) is 5.72. The molecule has 18 heavy (non-hydrogen) atoms. The van der Waals surface area contributed by atoms with E-state index in [1.54, 1.807) is 7.11 Å². The number of benzene rings is 1. The molecule has 0 spiro atoms. The number of aliphatic hydroxyl groups is 1. The standard InChI is InChI=1S/C15H23NO2/c1-10(2)13-8-11(4-7-15(13)18-3)14(9-17)16-12-5-6-12/h4,7-8,10,12,14,16-17H,5-6,9H2,1-3H3. The molecule has 0 bridgehead atoms. The molecule has 1 saturated carbocycles. The fourth-order valence-electron chi connectivity index (χ4n) is 2.21. The fourth-order valence-corrected chi connectivity index (χ4v) is 2.21. The zero-order valence-electron chi connectivity index (χ0n) is 11.4. The van der Waals surface area contributed by atoms with E-state index >= 15 is 0 Å². The highest BCUT2D eigenvalue weighted by molar-refractivity contribution is 5.40. The third-order valence-corrected chi connectivity index (χ3v) is 3.47. The predicted molar refractivity (Wildman–Crippen MR) is 73.1 cm³/mol. The highest BCUT2D eigenvalue weighted by atomic mass is 16.5. The van der Waals surface area contributed by atoms with E-state index in [1.165, 1.54) is 18.4 Å². The van der Waals surface area contributed by atoms with Crippen LogP contribution in [0.3, 0.4) is 0 Å². The first-order valence-corrected chi connectivity index (χ1v) is 6.70. The SMILES string of the molecule is COc1ccc(C(CO)NC2CC2)cc1C(C)C. The Morgan fingerprint density at radius 1 is 1.39 bits per heavy atom. The predicted octanol–water partition coefficient (Wildman–Crippen LogP) is 2.60. The van der Waals surface area contributed by atoms with Crippen LogP contribution in [0.25, 0.3) is 0 Å². The van der Waals surface area contributed by atoms with Crippen molar-refractivity contribution in [2.75, 3.05) is 13.7 Å². The molecule has 1 aromatic carbocycles. The van der Waals surface area contributed by atoms with Gasteiger partial charge in [0.1, 0.15) is 5.75 Å². The van der Waals surface area contributed by atoms with Crippen molar-refractivity contribution < 1.29 is 9.84 Å². The first-order chi connectivity index (χ1) is 8.65. The van der Waals surface area contributed by atoms with Crippen LogP contribution in [-0.4, -0.2) is 24.9 Å². The number of methoxy groups -OCH3 is 1. The van der Waals surface area contributed by atoms with Crippen molar-refractivity contribution in [3.05, 3.63) is 29.3 Å². The average molecular weight is 249 g/mol. The lowest BCUT2D eigenvalue weighted by molar-refractivity contribution is 0.243. The van der Waals surface area contributed by atoms with Gasteiger partial charge in [-0.3, -0.25) is 0 Å². The molecule has 100 valence electrons. The average Bonchev–Trinajstić information content (AvgIpc) is 3.19. The van der Waals surface area contributed by atoms with Crippen molar-refractivity contribution in [2.24, 2.45) is 0 Å². The molecule has 1 aliphatic carbocycles. The minimum Gasteiger partial charge on any atom is -0.496 e. The normalized spacial score (nSPS) is 16.9. The van der Waals surface area contributed by atoms with Crippen LogP contribution < -0.4 is 10.1 Å². The number of nitrogens with one attached hydrogen (secondary N) is 1. The van der Waals surface area contributed by atoms with Crippen molar-refractivity contribution in [3.8, 4) is 5.75 Å². The molecule has 0 saturated heterocycles. The van der Waals surface area contributed by atoms with Gasteiger partial charge in [0.05, 0.1) is 19.8 Å². The molecule has 2 rings (SSSR count). The van der Waals surface area contributed by atoms with E-state index < -0.39 is 0 Å². The Bertz CT molecular complexity index is 399. The molecule has 0 heterocycles. The summed E-state index contributed by atoms with van der Waals surface area (Å²) < 4.78 is 5.39. The van der Waals surface area contributed by atoms with Gasteiger partial charge in [-0.05, 0) is 36.0 Å². The largest absolute Gasteiger partial charge is 0.496 e. The van der Waals surface area contributed by atoms with Crippen LogP contribution in [0, 0.1) is 0 Å².